The van der Waals surface area contributed by atoms with Crippen LogP contribution in [-0.2, 0) is 16.6 Å². The van der Waals surface area contributed by atoms with Crippen molar-refractivity contribution in [3.05, 3.63) is 65.7 Å². The number of nitrogens with zero attached hydrogens (tertiary/aromatic N) is 1. The highest BCUT2D eigenvalue weighted by Gasteiger charge is 2.22. The Morgan fingerprint density at radius 2 is 1.65 bits per heavy atom. The highest BCUT2D eigenvalue weighted by molar-refractivity contribution is 7.89. The van der Waals surface area contributed by atoms with Gasteiger partial charge in [0.25, 0.3) is 5.91 Å². The first-order valence-electron chi connectivity index (χ1n) is 8.83. The summed E-state index contributed by atoms with van der Waals surface area (Å²) >= 11 is 0. The minimum atomic E-state index is -3.54. The van der Waals surface area contributed by atoms with E-state index in [1.807, 2.05) is 20.8 Å². The zero-order valence-corrected chi connectivity index (χ0v) is 16.3. The highest BCUT2D eigenvalue weighted by Crippen LogP contribution is 2.18. The summed E-state index contributed by atoms with van der Waals surface area (Å²) in [6, 6.07) is 15.6. The van der Waals surface area contributed by atoms with Gasteiger partial charge in [-0.3, -0.25) is 4.79 Å². The molecule has 26 heavy (non-hydrogen) atoms. The molecule has 140 valence electrons. The molecule has 5 nitrogen and oxygen atoms in total. The quantitative estimate of drug-likeness (QED) is 0.770. The van der Waals surface area contributed by atoms with Crippen LogP contribution in [0.4, 0.5) is 0 Å². The first-order chi connectivity index (χ1) is 12.4. The third-order valence-electron chi connectivity index (χ3n) is 4.30. The predicted molar refractivity (Wildman–Crippen MR) is 103 cm³/mol. The molecule has 1 atom stereocenters. The average Bonchev–Trinajstić information content (AvgIpc) is 2.66. The molecule has 0 aromatic heterocycles. The van der Waals surface area contributed by atoms with Gasteiger partial charge in [-0.25, -0.2) is 8.42 Å². The molecule has 0 heterocycles. The summed E-state index contributed by atoms with van der Waals surface area (Å²) in [4.78, 5) is 12.4. The van der Waals surface area contributed by atoms with Crippen molar-refractivity contribution < 1.29 is 13.2 Å². The molecule has 1 unspecified atom stereocenters. The number of amides is 1. The monoisotopic (exact) mass is 374 g/mol. The van der Waals surface area contributed by atoms with Gasteiger partial charge in [-0.2, -0.15) is 4.31 Å². The van der Waals surface area contributed by atoms with Crippen LogP contribution in [0.15, 0.2) is 59.5 Å². The van der Waals surface area contributed by atoms with Gasteiger partial charge in [0.2, 0.25) is 10.0 Å². The van der Waals surface area contributed by atoms with E-state index in [4.69, 9.17) is 0 Å². The zero-order valence-electron chi connectivity index (χ0n) is 15.5. The van der Waals surface area contributed by atoms with Gasteiger partial charge < -0.3 is 5.32 Å². The fourth-order valence-corrected chi connectivity index (χ4v) is 3.94. The maximum atomic E-state index is 12.8. The molecule has 6 heteroatoms. The van der Waals surface area contributed by atoms with E-state index in [2.05, 4.69) is 5.32 Å². The van der Waals surface area contributed by atoms with E-state index in [1.165, 1.54) is 4.31 Å². The van der Waals surface area contributed by atoms with E-state index >= 15 is 0 Å². The smallest absolute Gasteiger partial charge is 0.251 e. The number of nitrogens with one attached hydrogen (secondary N) is 1. The second-order valence-corrected chi connectivity index (χ2v) is 8.16. The molecule has 0 fully saturated rings. The molecule has 2 aromatic rings. The van der Waals surface area contributed by atoms with Crippen molar-refractivity contribution in [2.45, 2.75) is 44.7 Å². The van der Waals surface area contributed by atoms with Gasteiger partial charge in [0, 0.05) is 24.7 Å². The summed E-state index contributed by atoms with van der Waals surface area (Å²) in [6.45, 7) is 6.42. The lowest BCUT2D eigenvalue weighted by molar-refractivity contribution is 0.0939. The van der Waals surface area contributed by atoms with Crippen LogP contribution in [-0.4, -0.2) is 31.2 Å². The van der Waals surface area contributed by atoms with Crippen molar-refractivity contribution in [1.29, 1.82) is 0 Å². The minimum absolute atomic E-state index is 0.116. The van der Waals surface area contributed by atoms with E-state index in [0.717, 1.165) is 12.0 Å². The van der Waals surface area contributed by atoms with Crippen LogP contribution < -0.4 is 5.32 Å². The lowest BCUT2D eigenvalue weighted by atomic mass is 10.1. The predicted octanol–water partition coefficient (Wildman–Crippen LogP) is 3.43. The highest BCUT2D eigenvalue weighted by atomic mass is 32.2. The molecule has 2 aromatic carbocycles. The Hall–Kier alpha value is -2.18. The first-order valence-corrected chi connectivity index (χ1v) is 10.3. The van der Waals surface area contributed by atoms with Crippen molar-refractivity contribution in [1.82, 2.24) is 9.62 Å². The number of benzene rings is 2. The van der Waals surface area contributed by atoms with Crippen LogP contribution in [0, 0.1) is 0 Å². The van der Waals surface area contributed by atoms with Gasteiger partial charge in [-0.1, -0.05) is 44.2 Å². The second-order valence-electron chi connectivity index (χ2n) is 6.22. The number of carbonyl (C=O) groups excluding carboxylic acids is 1. The summed E-state index contributed by atoms with van der Waals surface area (Å²) in [7, 11) is -3.54. The third kappa shape index (κ3) is 4.93. The van der Waals surface area contributed by atoms with E-state index in [9.17, 15) is 13.2 Å². The van der Waals surface area contributed by atoms with Crippen LogP contribution in [0.1, 0.15) is 43.1 Å². The number of rotatable bonds is 8. The molecule has 0 spiro atoms. The number of sulfonamides is 1. The maximum absolute atomic E-state index is 12.8. The number of hydrogen-bond acceptors (Lipinski definition) is 3. The second kappa shape index (κ2) is 8.96. The van der Waals surface area contributed by atoms with Gasteiger partial charge in [0.05, 0.1) is 4.90 Å². The first kappa shape index (κ1) is 20.1. The van der Waals surface area contributed by atoms with Crippen LogP contribution >= 0.6 is 0 Å². The van der Waals surface area contributed by atoms with Crippen LogP contribution in [0.5, 0.6) is 0 Å². The fourth-order valence-electron chi connectivity index (χ4n) is 2.48. The third-order valence-corrected chi connectivity index (χ3v) is 6.23. The molecule has 1 N–H and O–H groups in total. The Morgan fingerprint density at radius 1 is 1.04 bits per heavy atom. The van der Waals surface area contributed by atoms with Gasteiger partial charge in [-0.05, 0) is 43.2 Å². The molecular formula is C20H26N2O3S. The normalized spacial score (nSPS) is 12.8. The zero-order chi connectivity index (χ0) is 19.2. The van der Waals surface area contributed by atoms with Crippen molar-refractivity contribution in [2.75, 3.05) is 6.54 Å². The topological polar surface area (TPSA) is 66.5 Å². The summed E-state index contributed by atoms with van der Waals surface area (Å²) in [5.74, 6) is -0.116. The lowest BCUT2D eigenvalue weighted by Crippen LogP contribution is -2.32. The van der Waals surface area contributed by atoms with Gasteiger partial charge in [0.1, 0.15) is 0 Å². The molecule has 0 saturated carbocycles. The molecule has 0 radical (unpaired) electrons. The molecule has 0 aliphatic heterocycles. The largest absolute Gasteiger partial charge is 0.350 e. The standard InChI is InChI=1S/C20H26N2O3S/c1-4-16(3)21-20(23)18-13-11-17(12-14-18)15-22(5-2)26(24,25)19-9-7-6-8-10-19/h6-14,16H,4-5,15H2,1-3H3,(H,21,23). The van der Waals surface area contributed by atoms with Gasteiger partial charge in [-0.15, -0.1) is 0 Å². The van der Waals surface area contributed by atoms with E-state index in [1.54, 1.807) is 54.6 Å². The number of hydrogen-bond donors (Lipinski definition) is 1. The maximum Gasteiger partial charge on any atom is 0.251 e. The molecule has 0 aliphatic rings. The van der Waals surface area contributed by atoms with Crippen molar-refractivity contribution >= 4 is 15.9 Å². The Balaban J connectivity index is 2.13. The molecule has 0 saturated heterocycles. The van der Waals surface area contributed by atoms with Crippen molar-refractivity contribution in [2.24, 2.45) is 0 Å². The SMILES string of the molecule is CCC(C)NC(=O)c1ccc(CN(CC)S(=O)(=O)c2ccccc2)cc1. The Labute approximate surface area is 156 Å². The summed E-state index contributed by atoms with van der Waals surface area (Å²) in [5.41, 5.74) is 1.41. The van der Waals surface area contributed by atoms with E-state index in [0.29, 0.717) is 12.1 Å². The molecule has 0 bridgehead atoms. The Kier molecular flexibility index (Phi) is 6.94. The van der Waals surface area contributed by atoms with Crippen LogP contribution in [0.25, 0.3) is 0 Å². The van der Waals surface area contributed by atoms with E-state index in [-0.39, 0.29) is 23.4 Å². The number of carbonyl (C=O) groups is 1. The fraction of sp³-hybridized carbons (Fsp3) is 0.350. The van der Waals surface area contributed by atoms with E-state index < -0.39 is 10.0 Å². The van der Waals surface area contributed by atoms with Crippen molar-refractivity contribution in [3.63, 3.8) is 0 Å². The lowest BCUT2D eigenvalue weighted by Gasteiger charge is -2.20. The van der Waals surface area contributed by atoms with Crippen molar-refractivity contribution in [3.8, 4) is 0 Å². The summed E-state index contributed by atoms with van der Waals surface area (Å²) < 4.78 is 26.9. The van der Waals surface area contributed by atoms with Crippen LogP contribution in [0.3, 0.4) is 0 Å². The molecule has 0 aliphatic carbocycles. The van der Waals surface area contributed by atoms with Crippen LogP contribution in [0.2, 0.25) is 0 Å². The molecule has 2 rings (SSSR count). The van der Waals surface area contributed by atoms with Gasteiger partial charge >= 0.3 is 0 Å². The summed E-state index contributed by atoms with van der Waals surface area (Å²) in [6.07, 6.45) is 0.868. The molecule has 1 amide bonds. The average molecular weight is 375 g/mol. The van der Waals surface area contributed by atoms with Gasteiger partial charge in [0.15, 0.2) is 0 Å². The minimum Gasteiger partial charge on any atom is -0.350 e. The Morgan fingerprint density at radius 3 is 2.19 bits per heavy atom. The molecular weight excluding hydrogens is 348 g/mol. The summed E-state index contributed by atoms with van der Waals surface area (Å²) in [5, 5.41) is 2.92. The Bertz CT molecular complexity index is 818.